The van der Waals surface area contributed by atoms with Gasteiger partial charge in [-0.15, -0.1) is 0 Å². The fourth-order valence-electron chi connectivity index (χ4n) is 11.5. The summed E-state index contributed by atoms with van der Waals surface area (Å²) in [6.07, 6.45) is 3.27. The standard InChI is InChI=1S/C72H58B2Cl2N8O6/c1-85-35-37-87-39-41-89-57-29-23-49(24-30-57)69-67-68(72(60(46-78)66-48-80-64-44-56(76)28-34-62(64)82-66)83(69)73(51-15-7-3-8-16-51)52-17-9-4-10-18-52)70(50-25-31-58(32-26-50)90-42-40-88-38-36-86-2)84(74(53-19-11-5-12-20-53)54-21-13-6-14-22-54)71(67)59(45-77)65-47-79-63-43-55(75)27-33-61(63)81-65/h3-34,43-44,47-48H,35-42H2,1-2H3/b71-59-,72-60-. The molecular weight excluding hydrogens is 1170 g/mol. The number of nitriles is 2. The lowest BCUT2D eigenvalue weighted by Gasteiger charge is -2.24. The van der Waals surface area contributed by atoms with E-state index in [4.69, 9.17) is 71.6 Å². The maximum absolute atomic E-state index is 12.4. The highest BCUT2D eigenvalue weighted by molar-refractivity contribution is 6.85. The molecule has 0 atom stereocenters. The largest absolute Gasteiger partial charge is 0.491 e. The van der Waals surface area contributed by atoms with Crippen molar-refractivity contribution in [3.8, 4) is 46.2 Å². The van der Waals surface area contributed by atoms with Crippen LogP contribution in [-0.4, -0.2) is 110 Å². The fourth-order valence-corrected chi connectivity index (χ4v) is 11.8. The van der Waals surface area contributed by atoms with Crippen molar-refractivity contribution in [1.29, 1.82) is 10.5 Å². The highest BCUT2D eigenvalue weighted by Gasteiger charge is 2.37. The summed E-state index contributed by atoms with van der Waals surface area (Å²) in [6.45, 7) is 1.78. The van der Waals surface area contributed by atoms with Crippen molar-refractivity contribution in [1.82, 2.24) is 28.9 Å². The molecule has 0 radical (unpaired) electrons. The SMILES string of the molecule is COCCOCCOc1ccc(-c2c3/c(=C(\C#N)c4cnc5cc(Cl)ccc5n4)n(B(c4ccccc4)c4ccccc4)c(-c4ccc(OCCOCCOC)cc4)c3/c(=C(\C#N)c3cnc4cc(Cl)ccc4n3)n2B(c2ccccc2)c2ccccc2)cc1. The molecule has 0 amide bonds. The zero-order valence-corrected chi connectivity index (χ0v) is 50.9. The summed E-state index contributed by atoms with van der Waals surface area (Å²) in [5.41, 5.74) is 9.62. The summed E-state index contributed by atoms with van der Waals surface area (Å²) in [6, 6.07) is 72.9. The Morgan fingerprint density at radius 3 is 1.10 bits per heavy atom. The predicted octanol–water partition coefficient (Wildman–Crippen LogP) is 9.81. The summed E-state index contributed by atoms with van der Waals surface area (Å²) in [4.78, 5) is 20.4. The van der Waals surface area contributed by atoms with Gasteiger partial charge < -0.3 is 37.4 Å². The summed E-state index contributed by atoms with van der Waals surface area (Å²) in [5.74, 6) is 1.21. The third-order valence-corrected chi connectivity index (χ3v) is 15.9. The molecule has 4 aromatic heterocycles. The molecule has 4 heterocycles. The second kappa shape index (κ2) is 28.5. The molecule has 12 rings (SSSR count). The van der Waals surface area contributed by atoms with Gasteiger partial charge in [0.1, 0.15) is 59.4 Å². The normalized spacial score (nSPS) is 12.0. The van der Waals surface area contributed by atoms with Gasteiger partial charge in [0.2, 0.25) is 0 Å². The minimum atomic E-state index is -0.647. The Morgan fingerprint density at radius 1 is 0.422 bits per heavy atom. The maximum Gasteiger partial charge on any atom is 0.328 e. The van der Waals surface area contributed by atoms with Gasteiger partial charge in [-0.1, -0.05) is 166 Å². The Hall–Kier alpha value is -9.87. The van der Waals surface area contributed by atoms with E-state index in [2.05, 4.69) is 69.6 Å². The topological polar surface area (TPSA) is 164 Å². The van der Waals surface area contributed by atoms with Crippen LogP contribution in [0.15, 0.2) is 219 Å². The van der Waals surface area contributed by atoms with Crippen LogP contribution in [0.25, 0.3) is 66.5 Å². The zero-order valence-electron chi connectivity index (χ0n) is 49.4. The van der Waals surface area contributed by atoms with Crippen LogP contribution in [0.5, 0.6) is 11.5 Å². The quantitative estimate of drug-likeness (QED) is 0.0416. The highest BCUT2D eigenvalue weighted by Crippen LogP contribution is 2.38. The minimum Gasteiger partial charge on any atom is -0.491 e. The number of aromatic nitrogens is 6. The third-order valence-electron chi connectivity index (χ3n) is 15.5. The number of ether oxygens (including phenoxy) is 6. The lowest BCUT2D eigenvalue weighted by Crippen LogP contribution is -2.54. The molecule has 0 fully saturated rings. The molecule has 0 aliphatic carbocycles. The van der Waals surface area contributed by atoms with Crippen molar-refractivity contribution in [2.24, 2.45) is 0 Å². The van der Waals surface area contributed by atoms with E-state index >= 15 is 0 Å². The number of nitrogens with zero attached hydrogens (tertiary/aromatic N) is 8. The van der Waals surface area contributed by atoms with Gasteiger partial charge in [0.15, 0.2) is 0 Å². The van der Waals surface area contributed by atoms with Gasteiger partial charge in [0.05, 0.1) is 84.8 Å². The Morgan fingerprint density at radius 2 is 0.767 bits per heavy atom. The van der Waals surface area contributed by atoms with Crippen molar-refractivity contribution in [2.75, 3.05) is 67.1 Å². The first-order valence-corrected chi connectivity index (χ1v) is 30.1. The van der Waals surface area contributed by atoms with Crippen molar-refractivity contribution in [3.63, 3.8) is 0 Å². The molecule has 0 aliphatic rings. The van der Waals surface area contributed by atoms with Gasteiger partial charge in [0, 0.05) is 46.4 Å². The van der Waals surface area contributed by atoms with Crippen LogP contribution in [0.2, 0.25) is 10.0 Å². The molecule has 0 unspecified atom stereocenters. The van der Waals surface area contributed by atoms with Crippen LogP contribution in [0.3, 0.4) is 0 Å². The van der Waals surface area contributed by atoms with Crippen LogP contribution in [0, 0.1) is 22.7 Å². The van der Waals surface area contributed by atoms with Gasteiger partial charge in [-0.25, -0.2) is 9.97 Å². The average Bonchev–Trinajstić information content (AvgIpc) is 1.52. The van der Waals surface area contributed by atoms with E-state index in [1.165, 1.54) is 0 Å². The van der Waals surface area contributed by atoms with Crippen molar-refractivity contribution >= 4 is 103 Å². The molecule has 0 spiro atoms. The third kappa shape index (κ3) is 12.9. The molecule has 90 heavy (non-hydrogen) atoms. The van der Waals surface area contributed by atoms with Gasteiger partial charge in [-0.05, 0) is 96.1 Å². The van der Waals surface area contributed by atoms with Crippen LogP contribution in [-0.2, 0) is 18.9 Å². The number of fused-ring (bicyclic) bond motifs is 3. The zero-order chi connectivity index (χ0) is 61.8. The van der Waals surface area contributed by atoms with E-state index in [1.807, 2.05) is 133 Å². The fraction of sp³-hybridized carbons (Fsp3) is 0.139. The van der Waals surface area contributed by atoms with Crippen LogP contribution in [0.4, 0.5) is 0 Å². The molecule has 14 nitrogen and oxygen atoms in total. The number of methoxy groups -OCH3 is 2. The first kappa shape index (κ1) is 60.4. The minimum absolute atomic E-state index is 0.205. The lowest BCUT2D eigenvalue weighted by molar-refractivity contribution is 0.0544. The Bertz CT molecular complexity index is 4330. The Balaban J connectivity index is 1.33. The molecule has 0 saturated carbocycles. The second-order valence-electron chi connectivity index (χ2n) is 21.0. The Labute approximate surface area is 531 Å². The number of rotatable bonds is 24. The summed E-state index contributed by atoms with van der Waals surface area (Å²) in [7, 11) is 3.28. The van der Waals surface area contributed by atoms with Crippen molar-refractivity contribution < 1.29 is 28.4 Å². The first-order chi connectivity index (χ1) is 44.3. The van der Waals surface area contributed by atoms with Gasteiger partial charge in [-0.2, -0.15) is 10.5 Å². The number of halogens is 2. The van der Waals surface area contributed by atoms with Gasteiger partial charge in [-0.3, -0.25) is 9.97 Å². The van der Waals surface area contributed by atoms with Crippen LogP contribution in [0.1, 0.15) is 11.4 Å². The smallest absolute Gasteiger partial charge is 0.328 e. The van der Waals surface area contributed by atoms with E-state index in [9.17, 15) is 10.5 Å². The highest BCUT2D eigenvalue weighted by atomic mass is 35.5. The average molecular weight is 1220 g/mol. The van der Waals surface area contributed by atoms with Gasteiger partial charge >= 0.3 is 13.7 Å². The number of hydrogen-bond donors (Lipinski definition) is 0. The monoisotopic (exact) mass is 1220 g/mol. The van der Waals surface area contributed by atoms with Crippen LogP contribution < -0.4 is 42.0 Å². The molecule has 0 N–H and O–H groups in total. The molecule has 12 aromatic rings. The molecule has 8 aromatic carbocycles. The molecule has 18 heteroatoms. The maximum atomic E-state index is 12.4. The van der Waals surface area contributed by atoms with Crippen molar-refractivity contribution in [2.45, 2.75) is 0 Å². The Kier molecular flexibility index (Phi) is 19.1. The molecule has 0 bridgehead atoms. The summed E-state index contributed by atoms with van der Waals surface area (Å²) in [5, 5.41) is 28.1. The van der Waals surface area contributed by atoms with E-state index in [1.54, 1.807) is 50.9 Å². The first-order valence-electron chi connectivity index (χ1n) is 29.4. The second-order valence-corrected chi connectivity index (χ2v) is 21.9. The van der Waals surface area contributed by atoms with E-state index in [0.29, 0.717) is 141 Å². The summed E-state index contributed by atoms with van der Waals surface area (Å²) >= 11 is 13.2. The predicted molar refractivity (Wildman–Crippen MR) is 358 cm³/mol. The summed E-state index contributed by atoms with van der Waals surface area (Å²) < 4.78 is 39.2. The number of hydrogen-bond acceptors (Lipinski definition) is 12. The van der Waals surface area contributed by atoms with E-state index in [0.717, 1.165) is 33.0 Å². The number of benzene rings is 8. The van der Waals surface area contributed by atoms with Gasteiger partial charge in [0.25, 0.3) is 0 Å². The lowest BCUT2D eigenvalue weighted by atomic mass is 9.50. The van der Waals surface area contributed by atoms with E-state index < -0.39 is 13.7 Å². The van der Waals surface area contributed by atoms with Crippen molar-refractivity contribution in [3.05, 3.63) is 251 Å². The van der Waals surface area contributed by atoms with E-state index in [-0.39, 0.29) is 11.1 Å². The molecule has 0 aliphatic heterocycles. The molecule has 442 valence electrons. The molecule has 0 saturated heterocycles. The van der Waals surface area contributed by atoms with Crippen LogP contribution >= 0.6 is 23.2 Å². The molecular formula is C72H58B2Cl2N8O6.